The zero-order chi connectivity index (χ0) is 22.9. The van der Waals surface area contributed by atoms with Crippen LogP contribution in [0.25, 0.3) is 11.1 Å². The Balaban J connectivity index is 1.48. The van der Waals surface area contributed by atoms with Crippen molar-refractivity contribution in [2.24, 2.45) is 0 Å². The lowest BCUT2D eigenvalue weighted by Crippen LogP contribution is -2.49. The molecule has 32 heavy (non-hydrogen) atoms. The van der Waals surface area contributed by atoms with Crippen molar-refractivity contribution < 1.29 is 19.1 Å². The molecule has 1 unspecified atom stereocenters. The average Bonchev–Trinajstić information content (AvgIpc) is 2.81. The quantitative estimate of drug-likeness (QED) is 0.405. The number of carbonyl (C=O) groups is 2. The van der Waals surface area contributed by atoms with Crippen LogP contribution in [0.5, 0.6) is 11.5 Å². The first-order chi connectivity index (χ1) is 15.5. The van der Waals surface area contributed by atoms with Crippen LogP contribution in [0.3, 0.4) is 0 Å². The SMILES string of the molecule is CCC(Oc1ccc(-c2ccccc2)cc1)C(=O)NNC(=O)COc1ccc(Cl)cc1Br. The highest BCUT2D eigenvalue weighted by atomic mass is 79.9. The predicted octanol–water partition coefficient (Wildman–Crippen LogP) is 5.15. The summed E-state index contributed by atoms with van der Waals surface area (Å²) in [6.07, 6.45) is -0.333. The molecule has 0 heterocycles. The van der Waals surface area contributed by atoms with Gasteiger partial charge in [0.15, 0.2) is 12.7 Å². The highest BCUT2D eigenvalue weighted by Crippen LogP contribution is 2.28. The number of benzene rings is 3. The van der Waals surface area contributed by atoms with Crippen molar-refractivity contribution in [1.29, 1.82) is 0 Å². The lowest BCUT2D eigenvalue weighted by atomic mass is 10.1. The molecule has 0 fully saturated rings. The predicted molar refractivity (Wildman–Crippen MR) is 128 cm³/mol. The van der Waals surface area contributed by atoms with Gasteiger partial charge >= 0.3 is 0 Å². The third-order valence-corrected chi connectivity index (χ3v) is 5.34. The van der Waals surface area contributed by atoms with Gasteiger partial charge in [0.05, 0.1) is 4.47 Å². The summed E-state index contributed by atoms with van der Waals surface area (Å²) in [6, 6.07) is 22.4. The van der Waals surface area contributed by atoms with Crippen LogP contribution < -0.4 is 20.3 Å². The van der Waals surface area contributed by atoms with Gasteiger partial charge in [0.25, 0.3) is 11.8 Å². The lowest BCUT2D eigenvalue weighted by molar-refractivity contribution is -0.134. The summed E-state index contributed by atoms with van der Waals surface area (Å²) >= 11 is 9.19. The fourth-order valence-corrected chi connectivity index (χ4v) is 3.62. The number of hydrazine groups is 1. The first-order valence-electron chi connectivity index (χ1n) is 9.95. The maximum Gasteiger partial charge on any atom is 0.279 e. The van der Waals surface area contributed by atoms with E-state index in [0.717, 1.165) is 11.1 Å². The number of ether oxygens (including phenoxy) is 2. The fourth-order valence-electron chi connectivity index (χ4n) is 2.83. The van der Waals surface area contributed by atoms with Gasteiger partial charge in [-0.25, -0.2) is 0 Å². The Hall–Kier alpha value is -3.03. The van der Waals surface area contributed by atoms with Gasteiger partial charge in [-0.3, -0.25) is 20.4 Å². The Bertz CT molecular complexity index is 1060. The zero-order valence-electron chi connectivity index (χ0n) is 17.3. The first kappa shape index (κ1) is 23.6. The Kier molecular flexibility index (Phi) is 8.53. The third kappa shape index (κ3) is 6.73. The minimum atomic E-state index is -0.760. The number of carbonyl (C=O) groups excluding carboxylic acids is 2. The summed E-state index contributed by atoms with van der Waals surface area (Å²) in [4.78, 5) is 24.4. The van der Waals surface area contributed by atoms with Gasteiger partial charge in [0.2, 0.25) is 0 Å². The van der Waals surface area contributed by atoms with Gasteiger partial charge < -0.3 is 9.47 Å². The van der Waals surface area contributed by atoms with E-state index in [4.69, 9.17) is 21.1 Å². The molecule has 0 aliphatic rings. The molecule has 2 N–H and O–H groups in total. The molecule has 0 bridgehead atoms. The average molecular weight is 518 g/mol. The Morgan fingerprint density at radius 1 is 0.969 bits per heavy atom. The number of nitrogens with one attached hydrogen (secondary N) is 2. The van der Waals surface area contributed by atoms with E-state index in [2.05, 4.69) is 26.8 Å². The van der Waals surface area contributed by atoms with Crippen LogP contribution in [-0.2, 0) is 9.59 Å². The second kappa shape index (κ2) is 11.5. The smallest absolute Gasteiger partial charge is 0.279 e. The molecule has 0 aliphatic carbocycles. The number of rotatable bonds is 8. The van der Waals surface area contributed by atoms with E-state index < -0.39 is 17.9 Å². The number of hydrogen-bond acceptors (Lipinski definition) is 4. The Morgan fingerprint density at radius 2 is 1.66 bits per heavy atom. The van der Waals surface area contributed by atoms with E-state index in [-0.39, 0.29) is 6.61 Å². The van der Waals surface area contributed by atoms with Crippen LogP contribution in [0, 0.1) is 0 Å². The van der Waals surface area contributed by atoms with Crippen LogP contribution in [0.15, 0.2) is 77.3 Å². The first-order valence-corrected chi connectivity index (χ1v) is 11.1. The number of hydrogen-bond donors (Lipinski definition) is 2. The Morgan fingerprint density at radius 3 is 2.31 bits per heavy atom. The third-order valence-electron chi connectivity index (χ3n) is 4.48. The second-order valence-corrected chi connectivity index (χ2v) is 8.10. The molecule has 8 heteroatoms. The molecule has 1 atom stereocenters. The van der Waals surface area contributed by atoms with Crippen molar-refractivity contribution >= 4 is 39.3 Å². The standard InChI is InChI=1S/C24H22BrClN2O4/c1-2-21(32-19-11-8-17(9-12-19)16-6-4-3-5-7-16)24(30)28-27-23(29)15-31-22-13-10-18(26)14-20(22)25/h3-14,21H,2,15H2,1H3,(H,27,29)(H,28,30). The van der Waals surface area contributed by atoms with Gasteiger partial charge in [0, 0.05) is 5.02 Å². The molecule has 0 spiro atoms. The summed E-state index contributed by atoms with van der Waals surface area (Å²) in [6.45, 7) is 1.55. The molecule has 0 saturated heterocycles. The van der Waals surface area contributed by atoms with E-state index in [1.165, 1.54) is 0 Å². The molecule has 0 radical (unpaired) electrons. The van der Waals surface area contributed by atoms with Gasteiger partial charge in [0.1, 0.15) is 11.5 Å². The summed E-state index contributed by atoms with van der Waals surface area (Å²) < 4.78 is 11.8. The molecule has 3 aromatic carbocycles. The molecule has 166 valence electrons. The van der Waals surface area contributed by atoms with E-state index in [0.29, 0.717) is 27.4 Å². The van der Waals surface area contributed by atoms with Crippen LogP contribution in [0.4, 0.5) is 0 Å². The normalized spacial score (nSPS) is 11.3. The van der Waals surface area contributed by atoms with Crippen LogP contribution in [0.1, 0.15) is 13.3 Å². The van der Waals surface area contributed by atoms with Gasteiger partial charge in [-0.15, -0.1) is 0 Å². The summed E-state index contributed by atoms with van der Waals surface area (Å²) in [5, 5.41) is 0.543. The van der Waals surface area contributed by atoms with Gasteiger partial charge in [-0.05, 0) is 63.8 Å². The monoisotopic (exact) mass is 516 g/mol. The van der Waals surface area contributed by atoms with E-state index in [1.807, 2.05) is 61.5 Å². The minimum Gasteiger partial charge on any atom is -0.483 e. The van der Waals surface area contributed by atoms with Crippen molar-refractivity contribution in [2.75, 3.05) is 6.61 Å². The summed E-state index contributed by atoms with van der Waals surface area (Å²) in [5.74, 6) is 0.0569. The molecule has 3 aromatic rings. The number of amides is 2. The maximum absolute atomic E-state index is 12.4. The molecule has 3 rings (SSSR count). The molecule has 0 saturated carbocycles. The molecular weight excluding hydrogens is 496 g/mol. The van der Waals surface area contributed by atoms with E-state index in [1.54, 1.807) is 18.2 Å². The van der Waals surface area contributed by atoms with Crippen LogP contribution in [-0.4, -0.2) is 24.5 Å². The fraction of sp³-hybridized carbons (Fsp3) is 0.167. The summed E-state index contributed by atoms with van der Waals surface area (Å²) in [5.41, 5.74) is 6.85. The van der Waals surface area contributed by atoms with Crippen LogP contribution in [0.2, 0.25) is 5.02 Å². The van der Waals surface area contributed by atoms with Crippen LogP contribution >= 0.6 is 27.5 Å². The molecule has 0 aromatic heterocycles. The maximum atomic E-state index is 12.4. The van der Waals surface area contributed by atoms with Crippen molar-refractivity contribution in [3.8, 4) is 22.6 Å². The highest BCUT2D eigenvalue weighted by Gasteiger charge is 2.19. The van der Waals surface area contributed by atoms with E-state index in [9.17, 15) is 9.59 Å². The molecular formula is C24H22BrClN2O4. The van der Waals surface area contributed by atoms with Gasteiger partial charge in [-0.2, -0.15) is 0 Å². The van der Waals surface area contributed by atoms with Gasteiger partial charge in [-0.1, -0.05) is 61.0 Å². The Labute approximate surface area is 200 Å². The van der Waals surface area contributed by atoms with Crippen molar-refractivity contribution in [3.05, 3.63) is 82.3 Å². The largest absolute Gasteiger partial charge is 0.483 e. The molecule has 6 nitrogen and oxygen atoms in total. The topological polar surface area (TPSA) is 76.7 Å². The van der Waals surface area contributed by atoms with Crippen molar-refractivity contribution in [1.82, 2.24) is 10.9 Å². The lowest BCUT2D eigenvalue weighted by Gasteiger charge is -2.18. The highest BCUT2D eigenvalue weighted by molar-refractivity contribution is 9.10. The van der Waals surface area contributed by atoms with E-state index >= 15 is 0 Å². The molecule has 0 aliphatic heterocycles. The minimum absolute atomic E-state index is 0.279. The second-order valence-electron chi connectivity index (χ2n) is 6.81. The van der Waals surface area contributed by atoms with Crippen molar-refractivity contribution in [2.45, 2.75) is 19.4 Å². The summed E-state index contributed by atoms with van der Waals surface area (Å²) in [7, 11) is 0. The number of halogens is 2. The zero-order valence-corrected chi connectivity index (χ0v) is 19.7. The molecule has 2 amide bonds. The van der Waals surface area contributed by atoms with Crippen molar-refractivity contribution in [3.63, 3.8) is 0 Å².